The normalized spacial score (nSPS) is 28.0. The van der Waals surface area contributed by atoms with Crippen LogP contribution in [0.3, 0.4) is 0 Å². The Labute approximate surface area is 187 Å². The molecular weight excluding hydrogens is 416 g/mol. The van der Waals surface area contributed by atoms with E-state index < -0.39 is 38.6 Å². The van der Waals surface area contributed by atoms with Crippen LogP contribution in [0, 0.1) is 17.3 Å². The number of ketones is 1. The minimum Gasteiger partial charge on any atom is -0.445 e. The van der Waals surface area contributed by atoms with E-state index in [4.69, 9.17) is 9.16 Å². The Bertz CT molecular complexity index is 707. The zero-order chi connectivity index (χ0) is 23.6. The van der Waals surface area contributed by atoms with Gasteiger partial charge in [0.1, 0.15) is 12.4 Å². The van der Waals surface area contributed by atoms with E-state index in [0.29, 0.717) is 6.42 Å². The molecule has 1 unspecified atom stereocenters. The van der Waals surface area contributed by atoms with E-state index in [9.17, 15) is 19.5 Å². The molecule has 0 saturated carbocycles. The molecule has 2 rings (SSSR count). The maximum atomic E-state index is 13.1. The summed E-state index contributed by atoms with van der Waals surface area (Å²) in [7, 11) is -1.44. The first-order valence-electron chi connectivity index (χ1n) is 11.0. The molecule has 0 aromatic carbocycles. The maximum absolute atomic E-state index is 13.1. The van der Waals surface area contributed by atoms with E-state index in [0.717, 1.165) is 0 Å². The van der Waals surface area contributed by atoms with Gasteiger partial charge in [0.25, 0.3) is 0 Å². The van der Waals surface area contributed by atoms with E-state index in [1.165, 1.54) is 11.0 Å². The molecule has 2 amide bonds. The van der Waals surface area contributed by atoms with Gasteiger partial charge in [0, 0.05) is 18.9 Å². The molecule has 8 nitrogen and oxygen atoms in total. The fraction of sp³-hybridized carbons (Fsp3) is 0.773. The third kappa shape index (κ3) is 5.38. The smallest absolute Gasteiger partial charge is 0.410 e. The Morgan fingerprint density at radius 2 is 1.97 bits per heavy atom. The third-order valence-corrected chi connectivity index (χ3v) is 7.60. The Morgan fingerprint density at radius 1 is 1.32 bits per heavy atom. The maximum Gasteiger partial charge on any atom is 0.410 e. The van der Waals surface area contributed by atoms with Crippen LogP contribution in [0.2, 0.25) is 13.1 Å². The van der Waals surface area contributed by atoms with E-state index >= 15 is 0 Å². The second-order valence-corrected chi connectivity index (χ2v) is 12.4. The van der Waals surface area contributed by atoms with Gasteiger partial charge < -0.3 is 24.5 Å². The largest absolute Gasteiger partial charge is 0.445 e. The van der Waals surface area contributed by atoms with Gasteiger partial charge in [-0.3, -0.25) is 9.59 Å². The Kier molecular flexibility index (Phi) is 8.10. The number of carbonyl (C=O) groups is 3. The highest BCUT2D eigenvalue weighted by Gasteiger charge is 2.57. The van der Waals surface area contributed by atoms with Crippen molar-refractivity contribution in [2.45, 2.75) is 71.3 Å². The van der Waals surface area contributed by atoms with Gasteiger partial charge in [-0.05, 0) is 31.9 Å². The van der Waals surface area contributed by atoms with Crippen LogP contribution in [-0.2, 0) is 18.8 Å². The van der Waals surface area contributed by atoms with Gasteiger partial charge in [0.15, 0.2) is 9.04 Å². The molecule has 2 aliphatic heterocycles. The summed E-state index contributed by atoms with van der Waals surface area (Å²) in [5.74, 6) is -0.910. The first-order chi connectivity index (χ1) is 14.4. The summed E-state index contributed by atoms with van der Waals surface area (Å²) < 4.78 is 11.5. The molecule has 176 valence electrons. The SMILES string of the molecule is C=CCOC(=O)N1CC(C(=O)C[C@H]2NC(=O)[C@@H]2[C@@](C)(O[SiH](C)C)C(C)(C)C)C[C@H]1CO. The lowest BCUT2D eigenvalue weighted by molar-refractivity contribution is -0.160. The summed E-state index contributed by atoms with van der Waals surface area (Å²) in [5.41, 5.74) is -0.959. The Morgan fingerprint density at radius 3 is 2.45 bits per heavy atom. The lowest BCUT2D eigenvalue weighted by Gasteiger charge is -2.54. The molecular formula is C22H38N2O6Si. The molecule has 2 saturated heterocycles. The van der Waals surface area contributed by atoms with Crippen molar-refractivity contribution in [3.05, 3.63) is 12.7 Å². The van der Waals surface area contributed by atoms with Crippen LogP contribution in [0.5, 0.6) is 0 Å². The molecule has 2 N–H and O–H groups in total. The zero-order valence-corrected chi connectivity index (χ0v) is 20.8. The van der Waals surface area contributed by atoms with Crippen LogP contribution < -0.4 is 5.32 Å². The van der Waals surface area contributed by atoms with Crippen LogP contribution in [-0.4, -0.2) is 74.3 Å². The average molecular weight is 455 g/mol. The van der Waals surface area contributed by atoms with Crippen LogP contribution in [0.1, 0.15) is 40.5 Å². The van der Waals surface area contributed by atoms with Gasteiger partial charge in [-0.1, -0.05) is 33.4 Å². The number of amides is 2. The number of aliphatic hydroxyl groups is 1. The van der Waals surface area contributed by atoms with Gasteiger partial charge in [0.2, 0.25) is 5.91 Å². The minimum absolute atomic E-state index is 0.0227. The highest BCUT2D eigenvalue weighted by molar-refractivity contribution is 6.48. The number of Topliss-reactive ketones (excluding diaryl/α,β-unsaturated/α-hetero) is 1. The second kappa shape index (κ2) is 9.83. The lowest BCUT2D eigenvalue weighted by Crippen LogP contribution is -2.70. The van der Waals surface area contributed by atoms with Crippen molar-refractivity contribution in [3.63, 3.8) is 0 Å². The standard InChI is InChI=1S/C22H38N2O6Si/c1-8-9-29-20(28)24-12-14(10-15(24)13-25)17(26)11-16-18(19(27)23-16)22(5,21(2,3)4)30-31(6)7/h8,14-16,18,25,31H,1,9-13H2,2-7H3,(H,23,27)/t14?,15-,16+,18+,22+/m0/s1. The number of hydrogen-bond donors (Lipinski definition) is 2. The Hall–Kier alpha value is -1.71. The number of nitrogens with one attached hydrogen (secondary N) is 1. The van der Waals surface area contributed by atoms with Crippen LogP contribution in [0.15, 0.2) is 12.7 Å². The summed E-state index contributed by atoms with van der Waals surface area (Å²) in [6.07, 6.45) is 1.48. The van der Waals surface area contributed by atoms with Crippen molar-refractivity contribution in [1.29, 1.82) is 0 Å². The number of carbonyl (C=O) groups excluding carboxylic acids is 3. The summed E-state index contributed by atoms with van der Waals surface area (Å²) in [6.45, 7) is 15.9. The lowest BCUT2D eigenvalue weighted by atomic mass is 9.63. The van der Waals surface area contributed by atoms with Gasteiger partial charge in [0.05, 0.1) is 30.2 Å². The number of rotatable bonds is 9. The van der Waals surface area contributed by atoms with Crippen LogP contribution >= 0.6 is 0 Å². The molecule has 9 heteroatoms. The second-order valence-electron chi connectivity index (χ2n) is 10.1. The van der Waals surface area contributed by atoms with Gasteiger partial charge in [-0.25, -0.2) is 4.79 Å². The first kappa shape index (κ1) is 25.5. The fourth-order valence-electron chi connectivity index (χ4n) is 4.59. The minimum atomic E-state index is -1.44. The predicted molar refractivity (Wildman–Crippen MR) is 120 cm³/mol. The van der Waals surface area contributed by atoms with Gasteiger partial charge >= 0.3 is 6.09 Å². The van der Waals surface area contributed by atoms with Crippen molar-refractivity contribution in [3.8, 4) is 0 Å². The summed E-state index contributed by atoms with van der Waals surface area (Å²) >= 11 is 0. The molecule has 31 heavy (non-hydrogen) atoms. The van der Waals surface area contributed by atoms with E-state index in [1.807, 2.05) is 6.92 Å². The van der Waals surface area contributed by atoms with Gasteiger partial charge in [-0.2, -0.15) is 0 Å². The van der Waals surface area contributed by atoms with Gasteiger partial charge in [-0.15, -0.1) is 0 Å². The molecule has 0 aromatic heterocycles. The highest BCUT2D eigenvalue weighted by atomic mass is 28.3. The number of ether oxygens (including phenoxy) is 1. The molecule has 5 atom stereocenters. The quantitative estimate of drug-likeness (QED) is 0.313. The van der Waals surface area contributed by atoms with E-state index in [-0.39, 0.29) is 49.3 Å². The number of nitrogens with zero attached hydrogens (tertiary/aromatic N) is 1. The van der Waals surface area contributed by atoms with E-state index in [1.54, 1.807) is 0 Å². The summed E-state index contributed by atoms with van der Waals surface area (Å²) in [5, 5.41) is 12.6. The summed E-state index contributed by atoms with van der Waals surface area (Å²) in [4.78, 5) is 39.3. The predicted octanol–water partition coefficient (Wildman–Crippen LogP) is 1.87. The molecule has 0 aromatic rings. The van der Waals surface area contributed by atoms with Crippen molar-refractivity contribution < 1.29 is 28.7 Å². The monoisotopic (exact) mass is 454 g/mol. The van der Waals surface area contributed by atoms with Crippen LogP contribution in [0.4, 0.5) is 4.79 Å². The molecule has 2 heterocycles. The molecule has 2 aliphatic rings. The average Bonchev–Trinajstić information content (AvgIpc) is 3.08. The van der Waals surface area contributed by atoms with Crippen molar-refractivity contribution in [2.75, 3.05) is 19.8 Å². The molecule has 0 bridgehead atoms. The number of aliphatic hydroxyl groups excluding tert-OH is 1. The molecule has 0 spiro atoms. The number of β-lactam (4-membered cyclic amide) rings is 1. The van der Waals surface area contributed by atoms with Crippen molar-refractivity contribution >= 4 is 26.8 Å². The number of hydrogen-bond acceptors (Lipinski definition) is 6. The zero-order valence-electron chi connectivity index (χ0n) is 19.6. The first-order valence-corrected chi connectivity index (χ1v) is 13.8. The molecule has 2 fully saturated rings. The Balaban J connectivity index is 2.10. The molecule has 0 aliphatic carbocycles. The third-order valence-electron chi connectivity index (χ3n) is 6.64. The molecule has 0 radical (unpaired) electrons. The fourth-order valence-corrected chi connectivity index (χ4v) is 6.07. The summed E-state index contributed by atoms with van der Waals surface area (Å²) in [6, 6.07) is -0.750. The van der Waals surface area contributed by atoms with Crippen LogP contribution in [0.25, 0.3) is 0 Å². The topological polar surface area (TPSA) is 105 Å². The van der Waals surface area contributed by atoms with Crippen molar-refractivity contribution in [2.24, 2.45) is 17.3 Å². The van der Waals surface area contributed by atoms with Crippen molar-refractivity contribution in [1.82, 2.24) is 10.2 Å². The van der Waals surface area contributed by atoms with E-state index in [2.05, 4.69) is 45.8 Å². The number of likely N-dealkylation sites (tertiary alicyclic amines) is 1. The highest BCUT2D eigenvalue weighted by Crippen LogP contribution is 2.45.